The van der Waals surface area contributed by atoms with Crippen molar-refractivity contribution in [3.05, 3.63) is 0 Å². The molecule has 2 saturated heterocycles. The van der Waals surface area contributed by atoms with Crippen molar-refractivity contribution in [2.45, 2.75) is 50.4 Å². The van der Waals surface area contributed by atoms with Crippen molar-refractivity contribution < 1.29 is 9.47 Å². The van der Waals surface area contributed by atoms with Crippen molar-refractivity contribution >= 4 is 11.8 Å². The van der Waals surface area contributed by atoms with Crippen LogP contribution in [0.2, 0.25) is 0 Å². The van der Waals surface area contributed by atoms with Crippen molar-refractivity contribution in [1.29, 1.82) is 0 Å². The molecule has 0 aromatic rings. The van der Waals surface area contributed by atoms with Gasteiger partial charge in [0.15, 0.2) is 5.79 Å². The lowest BCUT2D eigenvalue weighted by Gasteiger charge is -2.20. The monoisotopic (exact) mass is 231 g/mol. The first-order chi connectivity index (χ1) is 7.07. The van der Waals surface area contributed by atoms with Gasteiger partial charge >= 0.3 is 0 Å². The summed E-state index contributed by atoms with van der Waals surface area (Å²) in [5, 5.41) is 4.32. The Balaban J connectivity index is 1.70. The Morgan fingerprint density at radius 2 is 2.27 bits per heavy atom. The van der Waals surface area contributed by atoms with Crippen LogP contribution in [0, 0.1) is 0 Å². The zero-order valence-electron chi connectivity index (χ0n) is 9.79. The van der Waals surface area contributed by atoms with Crippen LogP contribution in [0.4, 0.5) is 0 Å². The minimum atomic E-state index is -0.387. The Morgan fingerprint density at radius 1 is 1.47 bits per heavy atom. The van der Waals surface area contributed by atoms with E-state index in [1.807, 2.05) is 13.8 Å². The van der Waals surface area contributed by atoms with Crippen LogP contribution >= 0.6 is 11.8 Å². The van der Waals surface area contributed by atoms with E-state index in [0.717, 1.165) is 11.8 Å². The van der Waals surface area contributed by atoms with Crippen LogP contribution < -0.4 is 5.32 Å². The lowest BCUT2D eigenvalue weighted by Crippen LogP contribution is -2.39. The molecule has 0 spiro atoms. The van der Waals surface area contributed by atoms with Crippen molar-refractivity contribution in [3.8, 4) is 0 Å². The van der Waals surface area contributed by atoms with Gasteiger partial charge in [0.05, 0.1) is 12.7 Å². The number of nitrogens with one attached hydrogen (secondary N) is 1. The molecule has 4 heteroatoms. The van der Waals surface area contributed by atoms with Crippen LogP contribution in [0.15, 0.2) is 0 Å². The summed E-state index contributed by atoms with van der Waals surface area (Å²) in [4.78, 5) is 0. The summed E-state index contributed by atoms with van der Waals surface area (Å²) >= 11 is 2.05. The summed E-state index contributed by atoms with van der Waals surface area (Å²) in [6, 6.07) is 0.655. The van der Waals surface area contributed by atoms with E-state index in [1.54, 1.807) is 0 Å². The second kappa shape index (κ2) is 4.62. The summed E-state index contributed by atoms with van der Waals surface area (Å²) in [6.45, 7) is 7.88. The highest BCUT2D eigenvalue weighted by Gasteiger charge is 2.33. The van der Waals surface area contributed by atoms with E-state index >= 15 is 0 Å². The summed E-state index contributed by atoms with van der Waals surface area (Å²) in [7, 11) is 0. The van der Waals surface area contributed by atoms with Gasteiger partial charge in [0.1, 0.15) is 0 Å². The molecule has 2 rings (SSSR count). The van der Waals surface area contributed by atoms with Gasteiger partial charge in [-0.05, 0) is 26.0 Å². The van der Waals surface area contributed by atoms with Crippen molar-refractivity contribution in [1.82, 2.24) is 5.32 Å². The Bertz CT molecular complexity index is 223. The number of hydrogen-bond acceptors (Lipinski definition) is 4. The fourth-order valence-electron chi connectivity index (χ4n) is 2.15. The highest BCUT2D eigenvalue weighted by molar-refractivity contribution is 8.00. The molecule has 2 fully saturated rings. The molecule has 1 N–H and O–H groups in total. The molecule has 3 nitrogen and oxygen atoms in total. The first kappa shape index (κ1) is 11.7. The zero-order chi connectivity index (χ0) is 10.9. The van der Waals surface area contributed by atoms with Crippen molar-refractivity contribution in [3.63, 3.8) is 0 Å². The van der Waals surface area contributed by atoms with Crippen LogP contribution in [-0.4, -0.2) is 42.1 Å². The molecule has 2 heterocycles. The molecule has 15 heavy (non-hydrogen) atoms. The van der Waals surface area contributed by atoms with E-state index < -0.39 is 0 Å². The Hall–Kier alpha value is 0.230. The van der Waals surface area contributed by atoms with Crippen LogP contribution in [-0.2, 0) is 9.47 Å². The predicted molar refractivity (Wildman–Crippen MR) is 63.2 cm³/mol. The molecule has 0 bridgehead atoms. The summed E-state index contributed by atoms with van der Waals surface area (Å²) in [6.07, 6.45) is 1.50. The Kier molecular flexibility index (Phi) is 3.60. The smallest absolute Gasteiger partial charge is 0.163 e. The highest BCUT2D eigenvalue weighted by Crippen LogP contribution is 2.27. The summed E-state index contributed by atoms with van der Waals surface area (Å²) in [5.74, 6) is 0.898. The number of thioether (sulfide) groups is 1. The van der Waals surface area contributed by atoms with Crippen LogP contribution in [0.25, 0.3) is 0 Å². The van der Waals surface area contributed by atoms with Gasteiger partial charge in [-0.2, -0.15) is 11.8 Å². The van der Waals surface area contributed by atoms with Crippen LogP contribution in [0.1, 0.15) is 27.2 Å². The van der Waals surface area contributed by atoms with Gasteiger partial charge < -0.3 is 14.8 Å². The average molecular weight is 231 g/mol. The van der Waals surface area contributed by atoms with Crippen LogP contribution in [0.5, 0.6) is 0 Å². The van der Waals surface area contributed by atoms with Crippen molar-refractivity contribution in [2.75, 3.05) is 18.9 Å². The van der Waals surface area contributed by atoms with Gasteiger partial charge in [0, 0.05) is 17.8 Å². The highest BCUT2D eigenvalue weighted by atomic mass is 32.2. The molecule has 0 amide bonds. The fourth-order valence-corrected chi connectivity index (χ4v) is 3.37. The van der Waals surface area contributed by atoms with E-state index in [1.165, 1.54) is 12.2 Å². The second-order valence-electron chi connectivity index (χ2n) is 4.83. The third kappa shape index (κ3) is 3.09. The standard InChI is InChI=1S/C11H21NO2S/c1-8-10(4-5-15-8)12-6-9-7-13-11(2,3)14-9/h8-10,12H,4-7H2,1-3H3. The molecule has 3 atom stereocenters. The number of ether oxygens (including phenoxy) is 2. The van der Waals surface area contributed by atoms with Crippen LogP contribution in [0.3, 0.4) is 0 Å². The third-order valence-corrected chi connectivity index (χ3v) is 4.38. The largest absolute Gasteiger partial charge is 0.348 e. The molecule has 2 aliphatic rings. The minimum Gasteiger partial charge on any atom is -0.348 e. The van der Waals surface area contributed by atoms with Gasteiger partial charge in [-0.15, -0.1) is 0 Å². The molecule has 2 aliphatic heterocycles. The molecule has 0 aromatic carbocycles. The molecule has 0 saturated carbocycles. The van der Waals surface area contributed by atoms with E-state index in [-0.39, 0.29) is 11.9 Å². The van der Waals surface area contributed by atoms with Gasteiger partial charge in [0.2, 0.25) is 0 Å². The second-order valence-corrected chi connectivity index (χ2v) is 6.32. The van der Waals surface area contributed by atoms with Gasteiger partial charge in [-0.25, -0.2) is 0 Å². The van der Waals surface area contributed by atoms with E-state index in [4.69, 9.17) is 9.47 Å². The lowest BCUT2D eigenvalue weighted by atomic mass is 10.1. The quantitative estimate of drug-likeness (QED) is 0.799. The molecular weight excluding hydrogens is 210 g/mol. The van der Waals surface area contributed by atoms with E-state index in [0.29, 0.717) is 12.6 Å². The van der Waals surface area contributed by atoms with Gasteiger partial charge in [-0.1, -0.05) is 6.92 Å². The van der Waals surface area contributed by atoms with Gasteiger partial charge in [0.25, 0.3) is 0 Å². The molecule has 88 valence electrons. The maximum absolute atomic E-state index is 5.75. The average Bonchev–Trinajstić information content (AvgIpc) is 2.69. The zero-order valence-corrected chi connectivity index (χ0v) is 10.6. The van der Waals surface area contributed by atoms with E-state index in [2.05, 4.69) is 24.0 Å². The summed E-state index contributed by atoms with van der Waals surface area (Å²) in [5.41, 5.74) is 0. The lowest BCUT2D eigenvalue weighted by molar-refractivity contribution is -0.137. The SMILES string of the molecule is CC1SCCC1NCC1COC(C)(C)O1. The topological polar surface area (TPSA) is 30.5 Å². The third-order valence-electron chi connectivity index (χ3n) is 3.05. The first-order valence-corrected chi connectivity index (χ1v) is 6.78. The number of hydrogen-bond donors (Lipinski definition) is 1. The summed E-state index contributed by atoms with van der Waals surface area (Å²) < 4.78 is 11.3. The predicted octanol–water partition coefficient (Wildman–Crippen LogP) is 1.62. The van der Waals surface area contributed by atoms with E-state index in [9.17, 15) is 0 Å². The molecule has 0 aliphatic carbocycles. The normalized spacial score (nSPS) is 39.8. The fraction of sp³-hybridized carbons (Fsp3) is 1.00. The Morgan fingerprint density at radius 3 is 2.80 bits per heavy atom. The minimum absolute atomic E-state index is 0.220. The van der Waals surface area contributed by atoms with Gasteiger partial charge in [-0.3, -0.25) is 0 Å². The first-order valence-electron chi connectivity index (χ1n) is 5.73. The molecule has 0 aromatic heterocycles. The maximum Gasteiger partial charge on any atom is 0.163 e. The molecular formula is C11H21NO2S. The maximum atomic E-state index is 5.75. The molecule has 3 unspecified atom stereocenters. The molecule has 0 radical (unpaired) electrons. The Labute approximate surface area is 96.3 Å². The number of rotatable bonds is 3. The van der Waals surface area contributed by atoms with Crippen molar-refractivity contribution in [2.24, 2.45) is 0 Å².